The number of H-pyrrole nitrogens is 6. The van der Waals surface area contributed by atoms with Crippen LogP contribution in [0.4, 0.5) is 17.1 Å². The lowest BCUT2D eigenvalue weighted by molar-refractivity contribution is 0.0600. The molecular weight excluding hydrogens is 1720 g/mol. The largest absolute Gasteiger partial charge is 0.394 e. The lowest BCUT2D eigenvalue weighted by Crippen LogP contribution is -2.45. The second-order valence-corrected chi connectivity index (χ2v) is 41.1. The highest BCUT2D eigenvalue weighted by Crippen LogP contribution is 2.40. The summed E-state index contributed by atoms with van der Waals surface area (Å²) < 4.78 is 23.2. The first-order valence-corrected chi connectivity index (χ1v) is 49.8. The Kier molecular flexibility index (Phi) is 28.4. The fourth-order valence-electron chi connectivity index (χ4n) is 21.3. The third-order valence-corrected chi connectivity index (χ3v) is 31.7. The number of nitrogens with one attached hydrogen (secondary N) is 9. The fourth-order valence-corrected chi connectivity index (χ4v) is 21.9. The van der Waals surface area contributed by atoms with E-state index in [0.29, 0.717) is 130 Å². The molecule has 3 saturated heterocycles. The van der Waals surface area contributed by atoms with Crippen molar-refractivity contribution in [2.75, 3.05) is 114 Å². The molecule has 0 unspecified atom stereocenters. The predicted octanol–water partition coefficient (Wildman–Crippen LogP) is 13.4. The van der Waals surface area contributed by atoms with E-state index in [9.17, 15) is 52.5 Å². The third kappa shape index (κ3) is 19.7. The van der Waals surface area contributed by atoms with Gasteiger partial charge in [-0.05, 0) is 379 Å². The monoisotopic (exact) mass is 1850 g/mol. The van der Waals surface area contributed by atoms with E-state index in [2.05, 4.69) is 171 Å². The van der Waals surface area contributed by atoms with Crippen molar-refractivity contribution in [2.45, 2.75) is 218 Å². The van der Waals surface area contributed by atoms with Crippen LogP contribution < -0.4 is 32.6 Å². The summed E-state index contributed by atoms with van der Waals surface area (Å²) in [5, 5.41) is 41.6. The molecule has 0 bridgehead atoms. The average molecular weight is 1850 g/mol. The van der Waals surface area contributed by atoms with Crippen LogP contribution in [0.15, 0.2) is 87.6 Å². The minimum absolute atomic E-state index is 0.0242. The van der Waals surface area contributed by atoms with E-state index < -0.39 is 9.84 Å². The third-order valence-electron chi connectivity index (χ3n) is 30.8. The number of carbonyl (C=O) groups excluding carboxylic acids is 3. The number of anilines is 3. The van der Waals surface area contributed by atoms with Gasteiger partial charge in [0.1, 0.15) is 44.0 Å². The molecule has 3 amide bonds. The van der Waals surface area contributed by atoms with Crippen molar-refractivity contribution in [1.29, 1.82) is 0 Å². The van der Waals surface area contributed by atoms with Crippen LogP contribution in [0.2, 0.25) is 0 Å². The molecule has 12 N–H and O–H groups in total. The second-order valence-electron chi connectivity index (χ2n) is 38.8. The van der Waals surface area contributed by atoms with Crippen molar-refractivity contribution in [3.8, 4) is 34.2 Å². The predicted molar refractivity (Wildman–Crippen MR) is 536 cm³/mol. The van der Waals surface area contributed by atoms with Gasteiger partial charge in [0.25, 0.3) is 34.4 Å². The van der Waals surface area contributed by atoms with Gasteiger partial charge in [0.05, 0.1) is 93.9 Å². The number of aromatic amines is 6. The zero-order valence-corrected chi connectivity index (χ0v) is 82.1. The summed E-state index contributed by atoms with van der Waals surface area (Å²) >= 11 is 0. The number of carbonyl (C=O) groups is 3. The summed E-state index contributed by atoms with van der Waals surface area (Å²) in [4.78, 5) is 125. The smallest absolute Gasteiger partial charge is 0.261 e. The molecule has 0 spiro atoms. The Bertz CT molecular complexity index is 6830. The summed E-state index contributed by atoms with van der Waals surface area (Å²) in [6.07, 6.45) is 15.0. The topological polar surface area (TPSA) is 386 Å². The molecule has 0 radical (unpaired) electrons. The van der Waals surface area contributed by atoms with Crippen molar-refractivity contribution < 1.29 is 38.1 Å². The van der Waals surface area contributed by atoms with E-state index in [4.69, 9.17) is 15.0 Å². The van der Waals surface area contributed by atoms with E-state index in [0.717, 1.165) is 105 Å². The van der Waals surface area contributed by atoms with Gasteiger partial charge in [0, 0.05) is 99.4 Å². The maximum absolute atomic E-state index is 13.6. The summed E-state index contributed by atoms with van der Waals surface area (Å²) in [5.74, 6) is 1.47. The number of nitrogens with zero attached hydrogens (tertiary/aromatic N) is 9. The highest BCUT2D eigenvalue weighted by Gasteiger charge is 2.39. The zero-order valence-electron chi connectivity index (χ0n) is 81.2. The van der Waals surface area contributed by atoms with E-state index in [-0.39, 0.29) is 90.2 Å². The Hall–Kier alpha value is -11.9. The maximum Gasteiger partial charge on any atom is 0.261 e. The number of sulfone groups is 1. The van der Waals surface area contributed by atoms with Crippen molar-refractivity contribution in [3.63, 3.8) is 0 Å². The summed E-state index contributed by atoms with van der Waals surface area (Å²) in [6, 6.07) is 16.3. The number of amides is 3. The molecule has 0 aliphatic carbocycles. The van der Waals surface area contributed by atoms with Gasteiger partial charge in [-0.15, -0.1) is 0 Å². The second kappa shape index (κ2) is 39.8. The van der Waals surface area contributed by atoms with Gasteiger partial charge in [0.15, 0.2) is 0 Å². The Labute approximate surface area is 789 Å². The fraction of sp³-hybridized carbons (Fsp3) is 0.457. The quantitative estimate of drug-likeness (QED) is 0.0227. The van der Waals surface area contributed by atoms with Crippen LogP contribution in [0.3, 0.4) is 0 Å². The normalized spacial score (nSPS) is 16.4. The Balaban J connectivity index is 0.000000147. The standard InChI is InChI=1S/C36H46N6O5S.C35H44N6O3.C34H42N6O3/c1-20-21(2)23(4)28(24(5)22(20)3)16-26(19-43)38-30-7-10-37-35(44)33(30)34-39-31-15-25-18-42(36(45)29(25)17-32(31)40-34)27-8-11-41(12-9-27)13-14-48(6,46)47;1-20-21(2)23(4)27(24(5)22(20)3)16-26(19-42)37-29-9-10-36-34(43)32(29)33-38-30-15-25-18-41(14-8-13-40-11-6-7-12-40)35(44)28(25)17-31(30)39-33;1-18-19(2)21(4)26(22(5)20(18)3)14-24(17-41)36-28-7-10-35-33(42)31(28)32-37-29-13-23-16-40(25-8-11-39(6)12-9-25)34(43)27(23)15-30(29)38-32/h7,10,15,17,26-27,43H,8-9,11-14,16,18-19H2,1-6H3,(H,39,40)(H2,37,38,44);9-10,15,17,26,42H,6-8,11-14,16,18-19H2,1-5H3,(H,38,39)(H2,36,37,43);7,10,13,15,24-25,41H,8-9,11-12,14,16-17H2,1-6H3,(H,37,38)(H2,35,36,42)/t2*26-;24-/m111/s1. The van der Waals surface area contributed by atoms with Crippen LogP contribution in [-0.2, 0) is 48.7 Å². The molecule has 135 heavy (non-hydrogen) atoms. The number of aliphatic hydroxyl groups is 3. The summed E-state index contributed by atoms with van der Waals surface area (Å²) in [7, 11) is -0.887. The number of hydrogen-bond acceptors (Lipinski definition) is 20. The van der Waals surface area contributed by atoms with Crippen LogP contribution in [0.5, 0.6) is 0 Å². The first-order chi connectivity index (χ1) is 64.5. The van der Waals surface area contributed by atoms with Crippen molar-refractivity contribution in [1.82, 2.24) is 74.3 Å². The van der Waals surface area contributed by atoms with Gasteiger partial charge < -0.3 is 90.6 Å². The number of likely N-dealkylation sites (tertiary alicyclic amines) is 3. The molecule has 12 aromatic rings. The number of pyridine rings is 3. The molecule has 6 aliphatic rings. The van der Waals surface area contributed by atoms with Crippen molar-refractivity contribution in [3.05, 3.63) is 238 Å². The van der Waals surface area contributed by atoms with Crippen molar-refractivity contribution >= 4 is 77.7 Å². The van der Waals surface area contributed by atoms with Crippen LogP contribution in [0.1, 0.15) is 193 Å². The molecular formula is C105H132N18O11S. The molecule has 714 valence electrons. The van der Waals surface area contributed by atoms with E-state index in [1.54, 1.807) is 30.7 Å². The first kappa shape index (κ1) is 96.2. The Morgan fingerprint density at radius 1 is 0.400 bits per heavy atom. The molecule has 6 aromatic carbocycles. The van der Waals surface area contributed by atoms with Gasteiger partial charge in [-0.25, -0.2) is 23.4 Å². The van der Waals surface area contributed by atoms with Crippen molar-refractivity contribution in [2.24, 2.45) is 0 Å². The van der Waals surface area contributed by atoms with Gasteiger partial charge in [0.2, 0.25) is 0 Å². The lowest BCUT2D eigenvalue weighted by Gasteiger charge is -2.36. The Morgan fingerprint density at radius 2 is 0.711 bits per heavy atom. The molecule has 12 heterocycles. The number of piperidine rings is 2. The number of imidazole rings is 3. The summed E-state index contributed by atoms with van der Waals surface area (Å²) in [5.41, 5.74) is 33.6. The van der Waals surface area contributed by atoms with E-state index in [1.165, 1.54) is 132 Å². The number of benzene rings is 6. The number of aromatic nitrogens is 9. The number of rotatable bonds is 27. The molecule has 6 aliphatic heterocycles. The van der Waals surface area contributed by atoms with Gasteiger partial charge >= 0.3 is 0 Å². The molecule has 0 saturated carbocycles. The van der Waals surface area contributed by atoms with E-state index >= 15 is 0 Å². The van der Waals surface area contributed by atoms with Crippen LogP contribution in [0, 0.1) is 104 Å². The van der Waals surface area contributed by atoms with Crippen LogP contribution in [0.25, 0.3) is 67.3 Å². The highest BCUT2D eigenvalue weighted by atomic mass is 32.2. The molecule has 29 nitrogen and oxygen atoms in total. The van der Waals surface area contributed by atoms with Crippen LogP contribution >= 0.6 is 0 Å². The van der Waals surface area contributed by atoms with Gasteiger partial charge in [-0.1, -0.05) is 0 Å². The highest BCUT2D eigenvalue weighted by molar-refractivity contribution is 7.90. The molecule has 3 atom stereocenters. The minimum atomic E-state index is -3.01. The van der Waals surface area contributed by atoms with E-state index in [1.807, 2.05) is 57.2 Å². The lowest BCUT2D eigenvalue weighted by atomic mass is 9.87. The Morgan fingerprint density at radius 3 is 1.04 bits per heavy atom. The summed E-state index contributed by atoms with van der Waals surface area (Å²) in [6.45, 7) is 41.6. The molecule has 3 fully saturated rings. The van der Waals surface area contributed by atoms with Gasteiger partial charge in [-0.2, -0.15) is 0 Å². The minimum Gasteiger partial charge on any atom is -0.394 e. The van der Waals surface area contributed by atoms with Gasteiger partial charge in [-0.3, -0.25) is 28.8 Å². The molecule has 30 heteroatoms. The average Bonchev–Trinajstić information content (AvgIpc) is 1.61. The zero-order chi connectivity index (χ0) is 96.2. The number of fused-ring (bicyclic) bond motifs is 6. The number of aliphatic hydroxyl groups excluding tert-OH is 3. The molecule has 18 rings (SSSR count). The molecule has 6 aromatic heterocycles. The van der Waals surface area contributed by atoms with Crippen LogP contribution in [-0.4, -0.2) is 244 Å². The SMILES string of the molecule is Cc1c(C)c(C)c(C[C@H](CO)Nc2cc[nH]c(=O)c2-c2nc3cc4c(cc3[nH]2)CN(C2CCN(C)CC2)C4=O)c(C)c1C.Cc1c(C)c(C)c(C[C@H](CO)Nc2cc[nH]c(=O)c2-c2nc3cc4c(cc3[nH]2)CN(C2CCN(CCS(C)(=O)=O)CC2)C4=O)c(C)c1C.Cc1c(C)c(C)c(C[C@H](CO)Nc2cc[nH]c(=O)c2-c2nc3cc4c(cc3[nH]2)CN(CCCN2CCCC2)C4=O)c(C)c1C. The first-order valence-electron chi connectivity index (χ1n) is 47.7. The maximum atomic E-state index is 13.6. The number of hydrogen-bond donors (Lipinski definition) is 12.